The van der Waals surface area contributed by atoms with E-state index in [4.69, 9.17) is 0 Å². The van der Waals surface area contributed by atoms with Gasteiger partial charge < -0.3 is 5.32 Å². The molecule has 1 aromatic carbocycles. The van der Waals surface area contributed by atoms with Gasteiger partial charge in [-0.05, 0) is 48.5 Å². The van der Waals surface area contributed by atoms with E-state index in [-0.39, 0.29) is 5.56 Å². The van der Waals surface area contributed by atoms with Crippen molar-refractivity contribution in [1.29, 1.82) is 0 Å². The number of benzene rings is 1. The first kappa shape index (κ1) is 15.1. The van der Waals surface area contributed by atoms with Gasteiger partial charge in [0.15, 0.2) is 0 Å². The highest BCUT2D eigenvalue weighted by molar-refractivity contribution is 7.10. The van der Waals surface area contributed by atoms with Gasteiger partial charge in [-0.3, -0.25) is 0 Å². The Hall–Kier alpha value is -1.26. The fourth-order valence-electron chi connectivity index (χ4n) is 2.29. The normalized spacial score (nSPS) is 12.6. The van der Waals surface area contributed by atoms with E-state index in [2.05, 4.69) is 12.2 Å². The number of nitrogens with one attached hydrogen (secondary N) is 1. The SMILES string of the molecule is CCCNC(c1sccc1CC)c1c(F)cccc1F. The van der Waals surface area contributed by atoms with Crippen molar-refractivity contribution in [3.8, 4) is 0 Å². The predicted molar refractivity (Wildman–Crippen MR) is 80.2 cm³/mol. The minimum absolute atomic E-state index is 0.123. The van der Waals surface area contributed by atoms with Crippen LogP contribution in [0, 0.1) is 11.6 Å². The fraction of sp³-hybridized carbons (Fsp3) is 0.375. The van der Waals surface area contributed by atoms with Gasteiger partial charge in [-0.25, -0.2) is 8.78 Å². The first-order chi connectivity index (χ1) is 9.69. The molecule has 0 fully saturated rings. The molecule has 0 aliphatic heterocycles. The van der Waals surface area contributed by atoms with Crippen LogP contribution in [0.2, 0.25) is 0 Å². The third-order valence-corrected chi connectivity index (χ3v) is 4.33. The summed E-state index contributed by atoms with van der Waals surface area (Å²) >= 11 is 1.55. The molecule has 0 aliphatic carbocycles. The van der Waals surface area contributed by atoms with E-state index < -0.39 is 17.7 Å². The molecule has 1 aromatic heterocycles. The highest BCUT2D eigenvalue weighted by Crippen LogP contribution is 2.33. The minimum Gasteiger partial charge on any atom is -0.305 e. The maximum atomic E-state index is 14.1. The molecule has 0 radical (unpaired) electrons. The molecule has 1 heterocycles. The molecule has 0 aliphatic rings. The van der Waals surface area contributed by atoms with Crippen LogP contribution in [0.4, 0.5) is 8.78 Å². The van der Waals surface area contributed by atoms with E-state index in [9.17, 15) is 8.78 Å². The summed E-state index contributed by atoms with van der Waals surface area (Å²) in [6.45, 7) is 4.82. The van der Waals surface area contributed by atoms with Crippen LogP contribution in [0.15, 0.2) is 29.6 Å². The lowest BCUT2D eigenvalue weighted by molar-refractivity contribution is 0.505. The second-order valence-electron chi connectivity index (χ2n) is 4.69. The van der Waals surface area contributed by atoms with Crippen molar-refractivity contribution in [2.24, 2.45) is 0 Å². The second-order valence-corrected chi connectivity index (χ2v) is 5.63. The van der Waals surface area contributed by atoms with Crippen molar-refractivity contribution in [3.05, 3.63) is 57.3 Å². The third-order valence-electron chi connectivity index (χ3n) is 3.31. The number of halogens is 2. The maximum absolute atomic E-state index is 14.1. The monoisotopic (exact) mass is 295 g/mol. The Labute approximate surface area is 122 Å². The highest BCUT2D eigenvalue weighted by atomic mass is 32.1. The molecular formula is C16H19F2NS. The first-order valence-electron chi connectivity index (χ1n) is 6.92. The summed E-state index contributed by atoms with van der Waals surface area (Å²) in [6, 6.07) is 5.65. The average Bonchev–Trinajstić information content (AvgIpc) is 2.90. The Bertz CT molecular complexity index is 545. The van der Waals surface area contributed by atoms with Gasteiger partial charge in [0.1, 0.15) is 11.6 Å². The molecule has 0 bridgehead atoms. The minimum atomic E-state index is -0.492. The van der Waals surface area contributed by atoms with E-state index in [0.717, 1.165) is 29.8 Å². The van der Waals surface area contributed by atoms with Crippen LogP contribution in [0.5, 0.6) is 0 Å². The molecule has 0 amide bonds. The molecule has 0 saturated heterocycles. The van der Waals surface area contributed by atoms with Crippen molar-refractivity contribution in [1.82, 2.24) is 5.32 Å². The van der Waals surface area contributed by atoms with Crippen molar-refractivity contribution < 1.29 is 8.78 Å². The third kappa shape index (κ3) is 3.07. The number of rotatable bonds is 6. The molecule has 20 heavy (non-hydrogen) atoms. The standard InChI is InChI=1S/C16H19F2NS/c1-3-9-19-15(16-11(4-2)8-10-20-16)14-12(17)6-5-7-13(14)18/h5-8,10,15,19H,3-4,9H2,1-2H3. The molecule has 0 spiro atoms. The molecule has 1 nitrogen and oxygen atoms in total. The molecule has 2 rings (SSSR count). The topological polar surface area (TPSA) is 12.0 Å². The fourth-order valence-corrected chi connectivity index (χ4v) is 3.37. The van der Waals surface area contributed by atoms with Crippen molar-refractivity contribution in [3.63, 3.8) is 0 Å². The molecule has 108 valence electrons. The predicted octanol–water partition coefficient (Wildman–Crippen LogP) is 4.68. The van der Waals surface area contributed by atoms with Gasteiger partial charge >= 0.3 is 0 Å². The van der Waals surface area contributed by atoms with E-state index >= 15 is 0 Å². The Morgan fingerprint density at radius 3 is 2.45 bits per heavy atom. The summed E-state index contributed by atoms with van der Waals surface area (Å²) < 4.78 is 28.2. The van der Waals surface area contributed by atoms with Crippen LogP contribution in [-0.4, -0.2) is 6.54 Å². The van der Waals surface area contributed by atoms with Crippen molar-refractivity contribution in [2.45, 2.75) is 32.7 Å². The Morgan fingerprint density at radius 2 is 1.85 bits per heavy atom. The summed E-state index contributed by atoms with van der Waals surface area (Å²) in [6.07, 6.45) is 1.78. The van der Waals surface area contributed by atoms with Gasteiger partial charge in [-0.1, -0.05) is 19.9 Å². The summed E-state index contributed by atoms with van der Waals surface area (Å²) in [5, 5.41) is 5.25. The van der Waals surface area contributed by atoms with Gasteiger partial charge in [0.2, 0.25) is 0 Å². The molecule has 2 aromatic rings. The van der Waals surface area contributed by atoms with Gasteiger partial charge in [-0.15, -0.1) is 11.3 Å². The quantitative estimate of drug-likeness (QED) is 0.816. The summed E-state index contributed by atoms with van der Waals surface area (Å²) in [4.78, 5) is 1.00. The molecule has 1 N–H and O–H groups in total. The lowest BCUT2D eigenvalue weighted by Gasteiger charge is -2.20. The van der Waals surface area contributed by atoms with Gasteiger partial charge in [0.25, 0.3) is 0 Å². The van der Waals surface area contributed by atoms with Crippen molar-refractivity contribution in [2.75, 3.05) is 6.54 Å². The maximum Gasteiger partial charge on any atom is 0.131 e. The Kier molecular flexibility index (Phi) is 5.26. The average molecular weight is 295 g/mol. The summed E-state index contributed by atoms with van der Waals surface area (Å²) in [5.41, 5.74) is 1.27. The van der Waals surface area contributed by atoms with Gasteiger partial charge in [0.05, 0.1) is 6.04 Å². The zero-order chi connectivity index (χ0) is 14.5. The summed E-state index contributed by atoms with van der Waals surface area (Å²) in [7, 11) is 0. The second kappa shape index (κ2) is 6.95. The van der Waals surface area contributed by atoms with Crippen LogP contribution in [-0.2, 0) is 6.42 Å². The lowest BCUT2D eigenvalue weighted by Crippen LogP contribution is -2.25. The van der Waals surface area contributed by atoms with Gasteiger partial charge in [-0.2, -0.15) is 0 Å². The van der Waals surface area contributed by atoms with Crippen molar-refractivity contribution >= 4 is 11.3 Å². The lowest BCUT2D eigenvalue weighted by atomic mass is 10.00. The smallest absolute Gasteiger partial charge is 0.131 e. The first-order valence-corrected chi connectivity index (χ1v) is 7.80. The van der Waals surface area contributed by atoms with E-state index in [1.54, 1.807) is 11.3 Å². The van der Waals surface area contributed by atoms with E-state index in [1.165, 1.54) is 18.2 Å². The number of aryl methyl sites for hydroxylation is 1. The number of hydrogen-bond donors (Lipinski definition) is 1. The Balaban J connectivity index is 2.47. The van der Waals surface area contributed by atoms with Gasteiger partial charge in [0, 0.05) is 10.4 Å². The van der Waals surface area contributed by atoms with Crippen LogP contribution >= 0.6 is 11.3 Å². The molecule has 4 heteroatoms. The number of hydrogen-bond acceptors (Lipinski definition) is 2. The Morgan fingerprint density at radius 1 is 1.15 bits per heavy atom. The summed E-state index contributed by atoms with van der Waals surface area (Å²) in [5.74, 6) is -0.983. The zero-order valence-electron chi connectivity index (χ0n) is 11.7. The molecular weight excluding hydrogens is 276 g/mol. The zero-order valence-corrected chi connectivity index (χ0v) is 12.6. The molecule has 0 saturated carbocycles. The molecule has 1 unspecified atom stereocenters. The molecule has 1 atom stereocenters. The highest BCUT2D eigenvalue weighted by Gasteiger charge is 2.24. The van der Waals surface area contributed by atoms with Crippen LogP contribution in [0.3, 0.4) is 0 Å². The largest absolute Gasteiger partial charge is 0.305 e. The van der Waals surface area contributed by atoms with Crippen LogP contribution in [0.1, 0.15) is 42.3 Å². The van der Waals surface area contributed by atoms with Crippen LogP contribution < -0.4 is 5.32 Å². The number of thiophene rings is 1. The van der Waals surface area contributed by atoms with E-state index in [0.29, 0.717) is 0 Å². The van der Waals surface area contributed by atoms with Crippen LogP contribution in [0.25, 0.3) is 0 Å². The van der Waals surface area contributed by atoms with E-state index in [1.807, 2.05) is 18.4 Å².